The van der Waals surface area contributed by atoms with Gasteiger partial charge in [-0.05, 0) is 37.1 Å². The van der Waals surface area contributed by atoms with Crippen molar-refractivity contribution in [2.45, 2.75) is 82.8 Å². The largest absolute Gasteiger partial charge is 0.510 e. The maximum Gasteiger partial charge on any atom is 0.510 e. The first-order valence-electron chi connectivity index (χ1n) is 15.2. The smallest absolute Gasteiger partial charge is 0.454 e. The van der Waals surface area contributed by atoms with Crippen LogP contribution in [0.15, 0.2) is 41.5 Å². The van der Waals surface area contributed by atoms with Crippen LogP contribution in [0.4, 0.5) is 9.59 Å². The van der Waals surface area contributed by atoms with E-state index in [9.17, 15) is 24.0 Å². The minimum Gasteiger partial charge on any atom is -0.454 e. The summed E-state index contributed by atoms with van der Waals surface area (Å²) in [6, 6.07) is 7.91. The number of ketones is 2. The summed E-state index contributed by atoms with van der Waals surface area (Å²) in [5.74, 6) is -4.46. The summed E-state index contributed by atoms with van der Waals surface area (Å²) in [6.07, 6.45) is -9.64. The van der Waals surface area contributed by atoms with Gasteiger partial charge in [0, 0.05) is 25.9 Å². The molecule has 5 aliphatic rings. The number of hydrogen-bond acceptors (Lipinski definition) is 14. The maximum atomic E-state index is 15.2. The number of carbonyl (C=O) groups excluding carboxylic acids is 6. The van der Waals surface area contributed by atoms with Gasteiger partial charge in [-0.1, -0.05) is 32.0 Å². The van der Waals surface area contributed by atoms with Gasteiger partial charge in [-0.25, -0.2) is 14.4 Å². The van der Waals surface area contributed by atoms with Gasteiger partial charge in [0.25, 0.3) is 0 Å². The van der Waals surface area contributed by atoms with Gasteiger partial charge in [-0.3, -0.25) is 14.4 Å². The molecule has 2 saturated carbocycles. The zero-order valence-corrected chi connectivity index (χ0v) is 27.0. The van der Waals surface area contributed by atoms with Crippen LogP contribution in [0.2, 0.25) is 0 Å². The highest BCUT2D eigenvalue weighted by Gasteiger charge is 2.83. The van der Waals surface area contributed by atoms with Gasteiger partial charge in [0.05, 0.1) is 30.6 Å². The molecule has 252 valence electrons. The Morgan fingerprint density at radius 2 is 1.66 bits per heavy atom. The molecule has 2 aliphatic heterocycles. The first-order valence-corrected chi connectivity index (χ1v) is 15.2. The number of hydrogen-bond donors (Lipinski definition) is 0. The summed E-state index contributed by atoms with van der Waals surface area (Å²) in [5.41, 5.74) is -6.91. The van der Waals surface area contributed by atoms with Gasteiger partial charge in [0.15, 0.2) is 17.5 Å². The number of fused-ring (bicyclic) bond motifs is 4. The summed E-state index contributed by atoms with van der Waals surface area (Å²) in [5, 5.41) is 0. The lowest BCUT2D eigenvalue weighted by Crippen LogP contribution is -2.83. The molecule has 0 amide bonds. The van der Waals surface area contributed by atoms with Gasteiger partial charge in [-0.2, -0.15) is 0 Å². The van der Waals surface area contributed by atoms with E-state index in [0.717, 1.165) is 7.11 Å². The molecule has 2 saturated heterocycles. The third-order valence-corrected chi connectivity index (χ3v) is 10.8. The lowest BCUT2D eigenvalue weighted by Gasteiger charge is -2.67. The molecule has 0 N–H and O–H groups in total. The Bertz CT molecular complexity index is 1600. The minimum atomic E-state index is -2.15. The summed E-state index contributed by atoms with van der Waals surface area (Å²) in [6.45, 7) is 7.15. The minimum absolute atomic E-state index is 0.0881. The highest BCUT2D eigenvalue weighted by molar-refractivity contribution is 6.06. The van der Waals surface area contributed by atoms with Crippen molar-refractivity contribution < 1.29 is 66.7 Å². The van der Waals surface area contributed by atoms with Gasteiger partial charge < -0.3 is 37.9 Å². The molecule has 14 heteroatoms. The number of benzene rings is 1. The normalized spacial score (nSPS) is 38.1. The standard InChI is InChI=1S/C33H36O14/c1-15-20-22(40-6)24(36)31(5)18(43-28(38)41-7)13-19-32(14-42-19,46-16(2)34)23(31)26(44-27(37)17-11-9-8-10-12-17)33(30(20,3)4)25(21(15)35)45-29(39)47-33/h8-12,18-19,22-23,25-26H,13-14H2,1-7H3/t18-,19+,22+,23-,25-,26-,31+,32-,33+/m0/s1. The van der Waals surface area contributed by atoms with Crippen LogP contribution in [0.25, 0.3) is 0 Å². The second-order valence-corrected chi connectivity index (χ2v) is 13.2. The fraction of sp³-hybridized carbons (Fsp3) is 0.576. The molecular formula is C33H36O14. The molecule has 1 aromatic carbocycles. The average Bonchev–Trinajstić information content (AvgIpc) is 3.40. The third kappa shape index (κ3) is 4.23. The molecule has 2 bridgehead atoms. The number of Topliss-reactive ketones (excluding diaryl/α,β-unsaturated/α-hetero) is 2. The molecular weight excluding hydrogens is 620 g/mol. The molecule has 47 heavy (non-hydrogen) atoms. The van der Waals surface area contributed by atoms with Crippen molar-refractivity contribution in [2.24, 2.45) is 16.7 Å². The van der Waals surface area contributed by atoms with Crippen LogP contribution < -0.4 is 0 Å². The SMILES string of the molecule is COC(=O)O[C@H]1C[C@H]2OC[C@@]2(OC(C)=O)[C@H]2[C@H](OC(=O)c3ccccc3)[C@]34OC(=O)O[C@H]3C(=O)C(C)=C([C@@H](OC)C(=O)[C@]12C)C4(C)C. The predicted molar refractivity (Wildman–Crippen MR) is 155 cm³/mol. The lowest BCUT2D eigenvalue weighted by atomic mass is 9.44. The molecule has 1 spiro atoms. The molecule has 2 heterocycles. The van der Waals surface area contributed by atoms with Gasteiger partial charge in [-0.15, -0.1) is 0 Å². The second-order valence-electron chi connectivity index (χ2n) is 13.2. The Balaban J connectivity index is 1.73. The van der Waals surface area contributed by atoms with Crippen LogP contribution in [-0.4, -0.2) is 98.4 Å². The van der Waals surface area contributed by atoms with Crippen LogP contribution in [0.5, 0.6) is 0 Å². The molecule has 1 aromatic rings. The van der Waals surface area contributed by atoms with Crippen LogP contribution in [0.3, 0.4) is 0 Å². The van der Waals surface area contributed by atoms with Gasteiger partial charge in [0.1, 0.15) is 18.3 Å². The van der Waals surface area contributed by atoms with Crippen molar-refractivity contribution in [3.63, 3.8) is 0 Å². The van der Waals surface area contributed by atoms with E-state index >= 15 is 4.79 Å². The van der Waals surface area contributed by atoms with E-state index in [2.05, 4.69) is 0 Å². The third-order valence-electron chi connectivity index (χ3n) is 10.8. The average molecular weight is 657 g/mol. The number of esters is 2. The van der Waals surface area contributed by atoms with Crippen molar-refractivity contribution in [3.8, 4) is 0 Å². The van der Waals surface area contributed by atoms with Crippen molar-refractivity contribution in [1.29, 1.82) is 0 Å². The first-order chi connectivity index (χ1) is 22.1. The number of carbonyl (C=O) groups is 6. The molecule has 3 aliphatic carbocycles. The zero-order chi connectivity index (χ0) is 34.3. The van der Waals surface area contributed by atoms with E-state index in [4.69, 9.17) is 37.9 Å². The Labute approximate surface area is 269 Å². The molecule has 4 fully saturated rings. The molecule has 9 atom stereocenters. The van der Waals surface area contributed by atoms with Gasteiger partial charge in [0.2, 0.25) is 17.5 Å². The highest BCUT2D eigenvalue weighted by Crippen LogP contribution is 2.66. The van der Waals surface area contributed by atoms with Gasteiger partial charge >= 0.3 is 24.2 Å². The topological polar surface area (TPSA) is 176 Å². The first kappa shape index (κ1) is 32.6. The van der Waals surface area contributed by atoms with E-state index in [-0.39, 0.29) is 29.7 Å². The number of methoxy groups -OCH3 is 2. The summed E-state index contributed by atoms with van der Waals surface area (Å²) in [4.78, 5) is 82.2. The lowest BCUT2D eigenvalue weighted by molar-refractivity contribution is -0.343. The fourth-order valence-corrected chi connectivity index (χ4v) is 8.71. The summed E-state index contributed by atoms with van der Waals surface area (Å²) >= 11 is 0. The molecule has 0 unspecified atom stereocenters. The van der Waals surface area contributed by atoms with Crippen molar-refractivity contribution in [3.05, 3.63) is 47.0 Å². The molecule has 0 radical (unpaired) electrons. The Kier molecular flexibility index (Phi) is 7.55. The summed E-state index contributed by atoms with van der Waals surface area (Å²) in [7, 11) is 2.38. The molecule has 14 nitrogen and oxygen atoms in total. The maximum absolute atomic E-state index is 15.2. The number of ether oxygens (including phenoxy) is 8. The van der Waals surface area contributed by atoms with Crippen LogP contribution in [0, 0.1) is 16.7 Å². The number of rotatable bonds is 5. The molecule has 0 aromatic heterocycles. The van der Waals surface area contributed by atoms with Crippen molar-refractivity contribution in [1.82, 2.24) is 0 Å². The monoisotopic (exact) mass is 656 g/mol. The Morgan fingerprint density at radius 1 is 0.979 bits per heavy atom. The van der Waals surface area contributed by atoms with Crippen LogP contribution >= 0.6 is 0 Å². The van der Waals surface area contributed by atoms with Crippen molar-refractivity contribution >= 4 is 35.8 Å². The van der Waals surface area contributed by atoms with Crippen LogP contribution in [-0.2, 0) is 52.3 Å². The highest BCUT2D eigenvalue weighted by atomic mass is 16.8. The Hall–Kier alpha value is -4.30. The Morgan fingerprint density at radius 3 is 2.23 bits per heavy atom. The van der Waals surface area contributed by atoms with Crippen molar-refractivity contribution in [2.75, 3.05) is 20.8 Å². The van der Waals surface area contributed by atoms with E-state index in [1.807, 2.05) is 0 Å². The van der Waals surface area contributed by atoms with E-state index < -0.39 is 94.3 Å². The fourth-order valence-electron chi connectivity index (χ4n) is 8.71. The zero-order valence-electron chi connectivity index (χ0n) is 27.0. The van der Waals surface area contributed by atoms with E-state index in [1.165, 1.54) is 40.0 Å². The van der Waals surface area contributed by atoms with E-state index in [1.54, 1.807) is 32.0 Å². The van der Waals surface area contributed by atoms with Crippen LogP contribution in [0.1, 0.15) is 51.4 Å². The predicted octanol–water partition coefficient (Wildman–Crippen LogP) is 2.89. The summed E-state index contributed by atoms with van der Waals surface area (Å²) < 4.78 is 46.4. The molecule has 6 rings (SSSR count). The second kappa shape index (κ2) is 10.9. The quantitative estimate of drug-likeness (QED) is 0.334. The van der Waals surface area contributed by atoms with E-state index in [0.29, 0.717) is 0 Å².